The molecular formula is C15H18N2O2. The van der Waals surface area contributed by atoms with Crippen LogP contribution < -0.4 is 0 Å². The van der Waals surface area contributed by atoms with Gasteiger partial charge in [0.2, 0.25) is 5.91 Å². The average molecular weight is 258 g/mol. The van der Waals surface area contributed by atoms with Gasteiger partial charge in [-0.05, 0) is 12.5 Å². The van der Waals surface area contributed by atoms with Crippen molar-refractivity contribution in [1.82, 2.24) is 9.88 Å². The molecule has 0 N–H and O–H groups in total. The largest absolute Gasteiger partial charge is 0.451 e. The molecule has 0 bridgehead atoms. The highest BCUT2D eigenvalue weighted by Crippen LogP contribution is 2.08. The van der Waals surface area contributed by atoms with Crippen molar-refractivity contribution in [2.24, 2.45) is 0 Å². The molecule has 0 aliphatic carbocycles. The van der Waals surface area contributed by atoms with E-state index >= 15 is 0 Å². The molecule has 0 radical (unpaired) electrons. The number of hydrogen-bond acceptors (Lipinski definition) is 3. The van der Waals surface area contributed by atoms with Crippen molar-refractivity contribution in [1.29, 1.82) is 0 Å². The van der Waals surface area contributed by atoms with E-state index in [-0.39, 0.29) is 5.91 Å². The van der Waals surface area contributed by atoms with E-state index < -0.39 is 0 Å². The van der Waals surface area contributed by atoms with Crippen LogP contribution in [0.25, 0.3) is 0 Å². The highest BCUT2D eigenvalue weighted by molar-refractivity contribution is 5.76. The lowest BCUT2D eigenvalue weighted by atomic mass is 10.2. The molecule has 0 aliphatic rings. The molecule has 0 atom stereocenters. The molecule has 0 fully saturated rings. The molecule has 0 saturated heterocycles. The number of aryl methyl sites for hydroxylation is 1. The van der Waals surface area contributed by atoms with Crippen molar-refractivity contribution in [2.45, 2.75) is 26.3 Å². The number of oxazole rings is 1. The van der Waals surface area contributed by atoms with Gasteiger partial charge >= 0.3 is 0 Å². The van der Waals surface area contributed by atoms with Gasteiger partial charge in [0.15, 0.2) is 6.39 Å². The summed E-state index contributed by atoms with van der Waals surface area (Å²) in [6, 6.07) is 10.0. The van der Waals surface area contributed by atoms with Crippen molar-refractivity contribution in [3.63, 3.8) is 0 Å². The molecule has 19 heavy (non-hydrogen) atoms. The molecule has 0 spiro atoms. The maximum absolute atomic E-state index is 12.1. The summed E-state index contributed by atoms with van der Waals surface area (Å²) in [4.78, 5) is 18.0. The fraction of sp³-hybridized carbons (Fsp3) is 0.333. The Kier molecular flexibility index (Phi) is 4.72. The van der Waals surface area contributed by atoms with Gasteiger partial charge in [0.25, 0.3) is 0 Å². The summed E-state index contributed by atoms with van der Waals surface area (Å²) < 4.78 is 4.89. The Morgan fingerprint density at radius 1 is 1.32 bits per heavy atom. The number of carbonyl (C=O) groups excluding carboxylic acids is 1. The molecule has 1 aromatic carbocycles. The van der Waals surface area contributed by atoms with Crippen LogP contribution in [0.15, 0.2) is 47.4 Å². The second-order valence-corrected chi connectivity index (χ2v) is 4.37. The summed E-state index contributed by atoms with van der Waals surface area (Å²) >= 11 is 0. The Bertz CT molecular complexity index is 494. The third-order valence-electron chi connectivity index (χ3n) is 3.03. The molecule has 1 aromatic heterocycles. The van der Waals surface area contributed by atoms with E-state index in [1.807, 2.05) is 42.2 Å². The number of rotatable bonds is 6. The lowest BCUT2D eigenvalue weighted by Crippen LogP contribution is -2.30. The second-order valence-electron chi connectivity index (χ2n) is 4.37. The van der Waals surface area contributed by atoms with Crippen LogP contribution in [0.5, 0.6) is 0 Å². The Morgan fingerprint density at radius 3 is 2.74 bits per heavy atom. The zero-order valence-corrected chi connectivity index (χ0v) is 11.1. The third-order valence-corrected chi connectivity index (χ3v) is 3.03. The Labute approximate surface area is 113 Å². The molecule has 2 aromatic rings. The molecular weight excluding hydrogens is 240 g/mol. The monoisotopic (exact) mass is 258 g/mol. The standard InChI is InChI=1S/C15H18N2O2/c1-2-17(10-13-6-4-3-5-7-13)15(18)9-8-14-11-19-12-16-14/h3-7,11-12H,2,8-10H2,1H3. The summed E-state index contributed by atoms with van der Waals surface area (Å²) in [6.45, 7) is 3.37. The van der Waals surface area contributed by atoms with E-state index in [2.05, 4.69) is 4.98 Å². The number of carbonyl (C=O) groups is 1. The molecule has 4 heteroatoms. The van der Waals surface area contributed by atoms with Crippen LogP contribution in [0.2, 0.25) is 0 Å². The van der Waals surface area contributed by atoms with Crippen LogP contribution in [-0.4, -0.2) is 22.3 Å². The van der Waals surface area contributed by atoms with Crippen LogP contribution in [-0.2, 0) is 17.8 Å². The first-order valence-corrected chi connectivity index (χ1v) is 6.48. The Morgan fingerprint density at radius 2 is 2.11 bits per heavy atom. The number of aromatic nitrogens is 1. The quantitative estimate of drug-likeness (QED) is 0.800. The minimum atomic E-state index is 0.148. The van der Waals surface area contributed by atoms with Crippen molar-refractivity contribution in [2.75, 3.05) is 6.54 Å². The van der Waals surface area contributed by atoms with Gasteiger partial charge in [0, 0.05) is 25.9 Å². The SMILES string of the molecule is CCN(Cc1ccccc1)C(=O)CCc1cocn1. The van der Waals surface area contributed by atoms with Gasteiger partial charge in [-0.1, -0.05) is 30.3 Å². The van der Waals surface area contributed by atoms with E-state index in [0.717, 1.165) is 11.3 Å². The Hall–Kier alpha value is -2.10. The number of nitrogens with zero attached hydrogens (tertiary/aromatic N) is 2. The van der Waals surface area contributed by atoms with E-state index in [1.165, 1.54) is 6.39 Å². The topological polar surface area (TPSA) is 46.3 Å². The van der Waals surface area contributed by atoms with Crippen molar-refractivity contribution < 1.29 is 9.21 Å². The summed E-state index contributed by atoms with van der Waals surface area (Å²) in [7, 11) is 0. The van der Waals surface area contributed by atoms with Gasteiger partial charge in [0.1, 0.15) is 6.26 Å². The van der Waals surface area contributed by atoms with Gasteiger partial charge in [-0.3, -0.25) is 4.79 Å². The molecule has 100 valence electrons. The summed E-state index contributed by atoms with van der Waals surface area (Å²) in [5.74, 6) is 0.148. The van der Waals surface area contributed by atoms with Crippen molar-refractivity contribution >= 4 is 5.91 Å². The zero-order valence-electron chi connectivity index (χ0n) is 11.1. The van der Waals surface area contributed by atoms with E-state index in [0.29, 0.717) is 25.9 Å². The van der Waals surface area contributed by atoms with Gasteiger partial charge < -0.3 is 9.32 Å². The number of hydrogen-bond donors (Lipinski definition) is 0. The van der Waals surface area contributed by atoms with Crippen LogP contribution in [0.1, 0.15) is 24.6 Å². The smallest absolute Gasteiger partial charge is 0.223 e. The van der Waals surface area contributed by atoms with E-state index in [1.54, 1.807) is 6.26 Å². The first kappa shape index (κ1) is 13.3. The maximum atomic E-state index is 12.1. The second kappa shape index (κ2) is 6.73. The van der Waals surface area contributed by atoms with Crippen molar-refractivity contribution in [3.05, 3.63) is 54.2 Å². The predicted molar refractivity (Wildman–Crippen MR) is 72.4 cm³/mol. The fourth-order valence-corrected chi connectivity index (χ4v) is 1.93. The van der Waals surface area contributed by atoms with Gasteiger partial charge in [-0.25, -0.2) is 4.98 Å². The van der Waals surface area contributed by atoms with E-state index in [4.69, 9.17) is 4.42 Å². The van der Waals surface area contributed by atoms with Crippen LogP contribution in [0, 0.1) is 0 Å². The fourth-order valence-electron chi connectivity index (χ4n) is 1.93. The van der Waals surface area contributed by atoms with Gasteiger partial charge in [-0.2, -0.15) is 0 Å². The minimum Gasteiger partial charge on any atom is -0.451 e. The predicted octanol–water partition coefficient (Wildman–Crippen LogP) is 2.66. The zero-order chi connectivity index (χ0) is 13.5. The normalized spacial score (nSPS) is 10.4. The molecule has 0 aliphatic heterocycles. The highest BCUT2D eigenvalue weighted by atomic mass is 16.3. The summed E-state index contributed by atoms with van der Waals surface area (Å²) in [6.07, 6.45) is 4.07. The summed E-state index contributed by atoms with van der Waals surface area (Å²) in [5.41, 5.74) is 1.98. The molecule has 1 heterocycles. The van der Waals surface area contributed by atoms with Crippen LogP contribution in [0.3, 0.4) is 0 Å². The van der Waals surface area contributed by atoms with Crippen LogP contribution >= 0.6 is 0 Å². The molecule has 1 amide bonds. The molecule has 0 saturated carbocycles. The molecule has 0 unspecified atom stereocenters. The van der Waals surface area contributed by atoms with Gasteiger partial charge in [0.05, 0.1) is 5.69 Å². The molecule has 4 nitrogen and oxygen atoms in total. The average Bonchev–Trinajstić information content (AvgIpc) is 2.96. The van der Waals surface area contributed by atoms with Crippen molar-refractivity contribution in [3.8, 4) is 0 Å². The van der Waals surface area contributed by atoms with Crippen LogP contribution in [0.4, 0.5) is 0 Å². The van der Waals surface area contributed by atoms with Gasteiger partial charge in [-0.15, -0.1) is 0 Å². The minimum absolute atomic E-state index is 0.148. The number of amides is 1. The highest BCUT2D eigenvalue weighted by Gasteiger charge is 2.12. The Balaban J connectivity index is 1.88. The maximum Gasteiger partial charge on any atom is 0.223 e. The first-order chi connectivity index (χ1) is 9.29. The lowest BCUT2D eigenvalue weighted by molar-refractivity contribution is -0.131. The third kappa shape index (κ3) is 3.95. The molecule has 2 rings (SSSR count). The first-order valence-electron chi connectivity index (χ1n) is 6.48. The number of benzene rings is 1. The van der Waals surface area contributed by atoms with E-state index in [9.17, 15) is 4.79 Å². The lowest BCUT2D eigenvalue weighted by Gasteiger charge is -2.20. The summed E-state index contributed by atoms with van der Waals surface area (Å²) in [5, 5.41) is 0.